The third-order valence-corrected chi connectivity index (χ3v) is 3.97. The van der Waals surface area contributed by atoms with Crippen LogP contribution in [0.5, 0.6) is 0 Å². The first-order chi connectivity index (χ1) is 10.6. The van der Waals surface area contributed by atoms with E-state index in [2.05, 4.69) is 9.97 Å². The molecule has 1 fully saturated rings. The highest BCUT2D eigenvalue weighted by Gasteiger charge is 2.49. The van der Waals surface area contributed by atoms with Crippen LogP contribution in [0.2, 0.25) is 0 Å². The number of rotatable bonds is 4. The van der Waals surface area contributed by atoms with Crippen LogP contribution >= 0.6 is 0 Å². The first kappa shape index (κ1) is 15.2. The summed E-state index contributed by atoms with van der Waals surface area (Å²) in [4.78, 5) is 20.3. The zero-order valence-electron chi connectivity index (χ0n) is 12.5. The van der Waals surface area contributed by atoms with Crippen molar-refractivity contribution in [3.05, 3.63) is 15.9 Å². The van der Waals surface area contributed by atoms with E-state index < -0.39 is 24.7 Å². The van der Waals surface area contributed by atoms with Crippen molar-refractivity contribution < 1.29 is 19.3 Å². The predicted octanol–water partition coefficient (Wildman–Crippen LogP) is -1.19. The second-order valence-electron chi connectivity index (χ2n) is 5.24. The molecular formula is C13H20N4O5. The molecule has 1 saturated heterocycles. The van der Waals surface area contributed by atoms with Gasteiger partial charge in [0.1, 0.15) is 18.0 Å². The molecule has 1 aromatic heterocycles. The van der Waals surface area contributed by atoms with Gasteiger partial charge in [-0.25, -0.2) is 0 Å². The second kappa shape index (κ2) is 5.84. The minimum atomic E-state index is -0.921. The molecule has 2 aliphatic heterocycles. The maximum atomic E-state index is 11.9. The summed E-state index contributed by atoms with van der Waals surface area (Å²) in [7, 11) is 1.49. The average molecular weight is 312 g/mol. The highest BCUT2D eigenvalue weighted by molar-refractivity contribution is 5.54. The Kier molecular flexibility index (Phi) is 4.04. The maximum Gasteiger partial charge on any atom is 0.257 e. The van der Waals surface area contributed by atoms with Gasteiger partial charge in [-0.15, -0.1) is 0 Å². The Balaban J connectivity index is 1.90. The number of aromatic amines is 1. The van der Waals surface area contributed by atoms with Gasteiger partial charge in [0.15, 0.2) is 12.5 Å². The van der Waals surface area contributed by atoms with Gasteiger partial charge in [0.25, 0.3) is 5.56 Å². The number of anilines is 2. The molecule has 0 amide bonds. The fourth-order valence-electron chi connectivity index (χ4n) is 2.98. The molecule has 9 nitrogen and oxygen atoms in total. The number of aliphatic hydroxyl groups excluding tert-OH is 1. The summed E-state index contributed by atoms with van der Waals surface area (Å²) in [5, 5.41) is 10.5. The largest absolute Gasteiger partial charge is 0.385 e. The van der Waals surface area contributed by atoms with E-state index in [0.717, 1.165) is 0 Å². The molecule has 4 atom stereocenters. The van der Waals surface area contributed by atoms with Crippen molar-refractivity contribution in [1.29, 1.82) is 0 Å². The van der Waals surface area contributed by atoms with Crippen molar-refractivity contribution in [3.63, 3.8) is 0 Å². The minimum absolute atomic E-state index is 0.0350. The van der Waals surface area contributed by atoms with E-state index in [4.69, 9.17) is 19.9 Å². The lowest BCUT2D eigenvalue weighted by Crippen LogP contribution is -2.44. The Hall–Kier alpha value is -1.68. The van der Waals surface area contributed by atoms with E-state index >= 15 is 0 Å². The molecule has 9 heteroatoms. The van der Waals surface area contributed by atoms with Crippen molar-refractivity contribution in [2.75, 3.05) is 30.9 Å². The summed E-state index contributed by atoms with van der Waals surface area (Å²) in [6.07, 6.45) is -2.38. The van der Waals surface area contributed by atoms with Crippen molar-refractivity contribution in [2.45, 2.75) is 38.1 Å². The van der Waals surface area contributed by atoms with Crippen molar-refractivity contribution in [2.24, 2.45) is 0 Å². The molecule has 1 aromatic rings. The molecule has 0 saturated carbocycles. The summed E-state index contributed by atoms with van der Waals surface area (Å²) in [6, 6.07) is 0. The zero-order valence-corrected chi connectivity index (χ0v) is 12.5. The van der Waals surface area contributed by atoms with E-state index in [0.29, 0.717) is 31.0 Å². The van der Waals surface area contributed by atoms with Gasteiger partial charge in [-0.05, 0) is 13.3 Å². The molecule has 0 bridgehead atoms. The summed E-state index contributed by atoms with van der Waals surface area (Å²) < 4.78 is 16.5. The van der Waals surface area contributed by atoms with Crippen LogP contribution in [0.3, 0.4) is 0 Å². The fourth-order valence-corrected chi connectivity index (χ4v) is 2.98. The number of H-pyrrole nitrogens is 1. The number of hydrogen-bond donors (Lipinski definition) is 3. The Morgan fingerprint density at radius 3 is 3.05 bits per heavy atom. The van der Waals surface area contributed by atoms with Crippen LogP contribution in [0, 0.1) is 0 Å². The summed E-state index contributed by atoms with van der Waals surface area (Å²) in [5.74, 6) is 0.477. The van der Waals surface area contributed by atoms with Gasteiger partial charge in [-0.1, -0.05) is 0 Å². The molecule has 3 rings (SSSR count). The number of nitrogen functional groups attached to an aromatic ring is 1. The normalized spacial score (nSPS) is 30.8. The summed E-state index contributed by atoms with van der Waals surface area (Å²) in [6.45, 7) is 2.78. The predicted molar refractivity (Wildman–Crippen MR) is 77.4 cm³/mol. The first-order valence-electron chi connectivity index (χ1n) is 7.20. The number of hydrogen-bond acceptors (Lipinski definition) is 8. The third kappa shape index (κ3) is 2.35. The first-order valence-corrected chi connectivity index (χ1v) is 7.20. The lowest BCUT2D eigenvalue weighted by molar-refractivity contribution is -0.168. The number of aromatic nitrogens is 2. The third-order valence-electron chi connectivity index (χ3n) is 3.97. The molecule has 0 radical (unpaired) electrons. The summed E-state index contributed by atoms with van der Waals surface area (Å²) in [5.41, 5.74) is 5.89. The smallest absolute Gasteiger partial charge is 0.257 e. The van der Waals surface area contributed by atoms with Gasteiger partial charge >= 0.3 is 0 Å². The van der Waals surface area contributed by atoms with Crippen LogP contribution in [0.15, 0.2) is 4.79 Å². The van der Waals surface area contributed by atoms with Crippen LogP contribution in [0.25, 0.3) is 0 Å². The minimum Gasteiger partial charge on any atom is -0.385 e. The second-order valence-corrected chi connectivity index (χ2v) is 5.24. The zero-order chi connectivity index (χ0) is 15.9. The van der Waals surface area contributed by atoms with Gasteiger partial charge in [0.05, 0.1) is 5.56 Å². The highest BCUT2D eigenvalue weighted by atomic mass is 16.7. The number of ether oxygens (including phenoxy) is 3. The monoisotopic (exact) mass is 312 g/mol. The number of nitrogens with two attached hydrogens (primary N) is 1. The molecule has 2 aliphatic rings. The Morgan fingerprint density at radius 1 is 1.59 bits per heavy atom. The highest BCUT2D eigenvalue weighted by Crippen LogP contribution is 2.33. The lowest BCUT2D eigenvalue weighted by atomic mass is 10.2. The van der Waals surface area contributed by atoms with Gasteiger partial charge in [-0.2, -0.15) is 4.98 Å². The molecule has 4 N–H and O–H groups in total. The van der Waals surface area contributed by atoms with E-state index in [-0.39, 0.29) is 11.5 Å². The van der Waals surface area contributed by atoms with E-state index in [9.17, 15) is 9.90 Å². The average Bonchev–Trinajstić information content (AvgIpc) is 3.01. The van der Waals surface area contributed by atoms with Crippen LogP contribution in [-0.4, -0.2) is 60.1 Å². The molecule has 4 unspecified atom stereocenters. The van der Waals surface area contributed by atoms with Crippen LogP contribution in [-0.2, 0) is 20.6 Å². The standard InChI is InChI=1S/C13H20N4O5/c1-3-21-12-8(20-2)7(18)11(22-12)17-5-4-6-9(17)15-13(14)16-10(6)19/h7-8,11-12,18H,3-5H2,1-2H3,(H3,14,15,16,19). The van der Waals surface area contributed by atoms with Crippen LogP contribution in [0.1, 0.15) is 12.5 Å². The number of aliphatic hydroxyl groups is 1. The van der Waals surface area contributed by atoms with Gasteiger partial charge in [0, 0.05) is 20.3 Å². The van der Waals surface area contributed by atoms with Crippen LogP contribution in [0.4, 0.5) is 11.8 Å². The fraction of sp³-hybridized carbons (Fsp3) is 0.692. The molecule has 0 spiro atoms. The van der Waals surface area contributed by atoms with E-state index in [1.165, 1.54) is 7.11 Å². The van der Waals surface area contributed by atoms with Gasteiger partial charge in [-0.3, -0.25) is 9.78 Å². The van der Waals surface area contributed by atoms with Gasteiger partial charge in [0.2, 0.25) is 5.95 Å². The number of nitrogens with one attached hydrogen (secondary N) is 1. The lowest BCUT2D eigenvalue weighted by Gasteiger charge is -2.27. The van der Waals surface area contributed by atoms with Gasteiger partial charge < -0.3 is 30.0 Å². The molecule has 3 heterocycles. The Labute approximate surface area is 127 Å². The number of nitrogens with zero attached hydrogens (tertiary/aromatic N) is 2. The Bertz CT molecular complexity index is 607. The molecule has 122 valence electrons. The van der Waals surface area contributed by atoms with Crippen molar-refractivity contribution in [1.82, 2.24) is 9.97 Å². The van der Waals surface area contributed by atoms with E-state index in [1.807, 2.05) is 6.92 Å². The molecule has 22 heavy (non-hydrogen) atoms. The number of methoxy groups -OCH3 is 1. The molecule has 0 aliphatic carbocycles. The van der Waals surface area contributed by atoms with Crippen molar-refractivity contribution in [3.8, 4) is 0 Å². The molecular weight excluding hydrogens is 292 g/mol. The maximum absolute atomic E-state index is 11.9. The van der Waals surface area contributed by atoms with Crippen LogP contribution < -0.4 is 16.2 Å². The summed E-state index contributed by atoms with van der Waals surface area (Å²) >= 11 is 0. The van der Waals surface area contributed by atoms with Crippen molar-refractivity contribution >= 4 is 11.8 Å². The molecule has 0 aromatic carbocycles. The van der Waals surface area contributed by atoms with E-state index in [1.54, 1.807) is 4.90 Å². The Morgan fingerprint density at radius 2 is 2.36 bits per heavy atom. The topological polar surface area (TPSA) is 123 Å². The quantitative estimate of drug-likeness (QED) is 0.634. The SMILES string of the molecule is CCOC1OC(N2CCc3c2nc(N)[nH]c3=O)C(O)C1OC. The number of fused-ring (bicyclic) bond motifs is 1.